The molecule has 3 aromatic rings. The third kappa shape index (κ3) is 3.55. The molecule has 0 unspecified atom stereocenters. The minimum atomic E-state index is -0.286. The van der Waals surface area contributed by atoms with Gasteiger partial charge < -0.3 is 20.9 Å². The van der Waals surface area contributed by atoms with E-state index >= 15 is 0 Å². The maximum atomic E-state index is 12.2. The van der Waals surface area contributed by atoms with Crippen molar-refractivity contribution in [3.63, 3.8) is 0 Å². The molecule has 0 aliphatic rings. The van der Waals surface area contributed by atoms with E-state index in [2.05, 4.69) is 20.9 Å². The Morgan fingerprint density at radius 1 is 0.958 bits per heavy atom. The van der Waals surface area contributed by atoms with Crippen LogP contribution in [0.15, 0.2) is 54.7 Å². The Kier molecular flexibility index (Phi) is 4.47. The molecule has 0 atom stereocenters. The van der Waals surface area contributed by atoms with Crippen LogP contribution in [0.1, 0.15) is 5.56 Å². The first kappa shape index (κ1) is 15.6. The second-order valence-electron chi connectivity index (χ2n) is 5.37. The van der Waals surface area contributed by atoms with Gasteiger partial charge in [0, 0.05) is 35.5 Å². The minimum absolute atomic E-state index is 0.0910. The van der Waals surface area contributed by atoms with E-state index in [0.717, 1.165) is 16.5 Å². The van der Waals surface area contributed by atoms with Crippen LogP contribution < -0.4 is 16.0 Å². The Balaban J connectivity index is 1.63. The van der Waals surface area contributed by atoms with Crippen LogP contribution in [0.2, 0.25) is 0 Å². The first-order chi connectivity index (χ1) is 11.7. The topological polar surface area (TPSA) is 86.0 Å². The molecule has 3 amide bonds. The van der Waals surface area contributed by atoms with Crippen LogP contribution in [-0.4, -0.2) is 24.0 Å². The second-order valence-corrected chi connectivity index (χ2v) is 5.37. The highest BCUT2D eigenvalue weighted by Gasteiger charge is 2.09. The van der Waals surface area contributed by atoms with E-state index in [1.165, 1.54) is 0 Å². The average Bonchev–Trinajstić information content (AvgIpc) is 2.99. The van der Waals surface area contributed by atoms with Crippen LogP contribution >= 0.6 is 0 Å². The third-order valence-corrected chi connectivity index (χ3v) is 3.68. The summed E-state index contributed by atoms with van der Waals surface area (Å²) in [5, 5.41) is 9.05. The largest absolute Gasteiger partial charge is 0.361 e. The SMILES string of the molecule is CNC(=O)Nc1ccc(NC(=O)Cc2c[nH]c3ccccc23)cc1. The molecule has 122 valence electrons. The molecule has 0 aliphatic carbocycles. The number of rotatable bonds is 4. The van der Waals surface area contributed by atoms with Crippen molar-refractivity contribution in [2.24, 2.45) is 0 Å². The van der Waals surface area contributed by atoms with Gasteiger partial charge in [0.15, 0.2) is 0 Å². The number of nitrogens with one attached hydrogen (secondary N) is 4. The molecule has 0 fully saturated rings. The smallest absolute Gasteiger partial charge is 0.318 e. The third-order valence-electron chi connectivity index (χ3n) is 3.68. The number of amides is 3. The molecule has 6 nitrogen and oxygen atoms in total. The molecule has 0 bridgehead atoms. The Morgan fingerprint density at radius 3 is 2.33 bits per heavy atom. The molecular formula is C18H18N4O2. The van der Waals surface area contributed by atoms with Crippen LogP contribution in [0.5, 0.6) is 0 Å². The van der Waals surface area contributed by atoms with Crippen LogP contribution in [-0.2, 0) is 11.2 Å². The number of aromatic nitrogens is 1. The Hall–Kier alpha value is -3.28. The summed E-state index contributed by atoms with van der Waals surface area (Å²) in [5.74, 6) is -0.0910. The number of benzene rings is 2. The van der Waals surface area contributed by atoms with Gasteiger partial charge in [0.25, 0.3) is 0 Å². The molecule has 24 heavy (non-hydrogen) atoms. The van der Waals surface area contributed by atoms with Gasteiger partial charge in [0.2, 0.25) is 5.91 Å². The lowest BCUT2D eigenvalue weighted by molar-refractivity contribution is -0.115. The first-order valence-corrected chi connectivity index (χ1v) is 7.59. The van der Waals surface area contributed by atoms with Crippen molar-refractivity contribution in [3.8, 4) is 0 Å². The highest BCUT2D eigenvalue weighted by Crippen LogP contribution is 2.19. The van der Waals surface area contributed by atoms with Gasteiger partial charge in [-0.1, -0.05) is 18.2 Å². The standard InChI is InChI=1S/C18H18N4O2/c1-19-18(24)22-14-8-6-13(7-9-14)21-17(23)10-12-11-20-16-5-3-2-4-15(12)16/h2-9,11,20H,10H2,1H3,(H,21,23)(H2,19,22,24). The molecule has 0 aliphatic heterocycles. The average molecular weight is 322 g/mol. The number of hydrogen-bond donors (Lipinski definition) is 4. The Labute approximate surface area is 139 Å². The molecule has 1 heterocycles. The van der Waals surface area contributed by atoms with Crippen molar-refractivity contribution < 1.29 is 9.59 Å². The van der Waals surface area contributed by atoms with Crippen molar-refractivity contribution in [2.45, 2.75) is 6.42 Å². The fourth-order valence-corrected chi connectivity index (χ4v) is 2.49. The molecule has 3 rings (SSSR count). The van der Waals surface area contributed by atoms with Gasteiger partial charge >= 0.3 is 6.03 Å². The van der Waals surface area contributed by atoms with Crippen LogP contribution in [0, 0.1) is 0 Å². The van der Waals surface area contributed by atoms with Gasteiger partial charge in [0.05, 0.1) is 6.42 Å². The van der Waals surface area contributed by atoms with Crippen molar-refractivity contribution in [3.05, 3.63) is 60.3 Å². The molecule has 1 aromatic heterocycles. The summed E-state index contributed by atoms with van der Waals surface area (Å²) < 4.78 is 0. The van der Waals surface area contributed by atoms with Gasteiger partial charge in [-0.2, -0.15) is 0 Å². The molecule has 0 saturated heterocycles. The lowest BCUT2D eigenvalue weighted by atomic mass is 10.1. The van der Waals surface area contributed by atoms with E-state index in [9.17, 15) is 9.59 Å². The van der Waals surface area contributed by atoms with Crippen molar-refractivity contribution in [1.82, 2.24) is 10.3 Å². The minimum Gasteiger partial charge on any atom is -0.361 e. The van der Waals surface area contributed by atoms with Crippen LogP contribution in [0.3, 0.4) is 0 Å². The lowest BCUT2D eigenvalue weighted by Crippen LogP contribution is -2.24. The summed E-state index contributed by atoms with van der Waals surface area (Å²) in [6.45, 7) is 0. The van der Waals surface area contributed by atoms with Crippen molar-refractivity contribution in [2.75, 3.05) is 17.7 Å². The summed E-state index contributed by atoms with van der Waals surface area (Å²) in [6.07, 6.45) is 2.16. The van der Waals surface area contributed by atoms with Gasteiger partial charge in [-0.3, -0.25) is 4.79 Å². The number of aromatic amines is 1. The van der Waals surface area contributed by atoms with E-state index in [4.69, 9.17) is 0 Å². The molecule has 0 saturated carbocycles. The zero-order chi connectivity index (χ0) is 16.9. The Morgan fingerprint density at radius 2 is 1.62 bits per heavy atom. The van der Waals surface area contributed by atoms with Crippen molar-refractivity contribution in [1.29, 1.82) is 0 Å². The zero-order valence-electron chi connectivity index (χ0n) is 13.2. The summed E-state index contributed by atoms with van der Waals surface area (Å²) in [6, 6.07) is 14.6. The van der Waals surface area contributed by atoms with E-state index < -0.39 is 0 Å². The van der Waals surface area contributed by atoms with Gasteiger partial charge in [-0.15, -0.1) is 0 Å². The normalized spacial score (nSPS) is 10.4. The quantitative estimate of drug-likeness (QED) is 0.595. The van der Waals surface area contributed by atoms with Gasteiger partial charge in [-0.25, -0.2) is 4.79 Å². The van der Waals surface area contributed by atoms with E-state index in [-0.39, 0.29) is 11.9 Å². The first-order valence-electron chi connectivity index (χ1n) is 7.59. The van der Waals surface area contributed by atoms with Gasteiger partial charge in [0.1, 0.15) is 0 Å². The summed E-state index contributed by atoms with van der Waals surface area (Å²) in [5.41, 5.74) is 3.32. The zero-order valence-corrected chi connectivity index (χ0v) is 13.2. The summed E-state index contributed by atoms with van der Waals surface area (Å²) in [4.78, 5) is 26.6. The monoisotopic (exact) mass is 322 g/mol. The molecular weight excluding hydrogens is 304 g/mol. The second kappa shape index (κ2) is 6.87. The number of fused-ring (bicyclic) bond motifs is 1. The van der Waals surface area contributed by atoms with E-state index in [1.54, 1.807) is 31.3 Å². The van der Waals surface area contributed by atoms with E-state index in [0.29, 0.717) is 17.8 Å². The predicted molar refractivity (Wildman–Crippen MR) is 95.2 cm³/mol. The molecule has 4 N–H and O–H groups in total. The molecule has 6 heteroatoms. The number of carbonyl (C=O) groups excluding carboxylic acids is 2. The van der Waals surface area contributed by atoms with Crippen molar-refractivity contribution >= 4 is 34.2 Å². The van der Waals surface area contributed by atoms with Crippen LogP contribution in [0.4, 0.5) is 16.2 Å². The maximum Gasteiger partial charge on any atom is 0.318 e. The number of hydrogen-bond acceptors (Lipinski definition) is 2. The Bertz CT molecular complexity index is 868. The fraction of sp³-hybridized carbons (Fsp3) is 0.111. The fourth-order valence-electron chi connectivity index (χ4n) is 2.49. The lowest BCUT2D eigenvalue weighted by Gasteiger charge is -2.07. The summed E-state index contributed by atoms with van der Waals surface area (Å²) >= 11 is 0. The number of urea groups is 1. The predicted octanol–water partition coefficient (Wildman–Crippen LogP) is 3.10. The number of H-pyrrole nitrogens is 1. The maximum absolute atomic E-state index is 12.2. The highest BCUT2D eigenvalue weighted by atomic mass is 16.2. The number of para-hydroxylation sites is 1. The summed E-state index contributed by atoms with van der Waals surface area (Å²) in [7, 11) is 1.55. The number of carbonyl (C=O) groups is 2. The molecule has 2 aromatic carbocycles. The van der Waals surface area contributed by atoms with Gasteiger partial charge in [-0.05, 0) is 35.9 Å². The molecule has 0 spiro atoms. The molecule has 0 radical (unpaired) electrons. The highest BCUT2D eigenvalue weighted by molar-refractivity contribution is 5.96. The van der Waals surface area contributed by atoms with E-state index in [1.807, 2.05) is 30.5 Å². The number of anilines is 2. The van der Waals surface area contributed by atoms with Crippen LogP contribution in [0.25, 0.3) is 10.9 Å².